The van der Waals surface area contributed by atoms with Gasteiger partial charge in [0.1, 0.15) is 5.82 Å². The number of carboxylic acid groups (broad SMARTS) is 1. The Labute approximate surface area is 109 Å². The minimum absolute atomic E-state index is 0.351. The summed E-state index contributed by atoms with van der Waals surface area (Å²) >= 11 is 0. The molecule has 0 aromatic heterocycles. The van der Waals surface area contributed by atoms with Gasteiger partial charge in [-0.1, -0.05) is 12.1 Å². The summed E-state index contributed by atoms with van der Waals surface area (Å²) in [5, 5.41) is 18.0. The van der Waals surface area contributed by atoms with Gasteiger partial charge in [-0.15, -0.1) is 0 Å². The molecule has 0 fully saturated rings. The first-order valence-corrected chi connectivity index (χ1v) is 6.95. The summed E-state index contributed by atoms with van der Waals surface area (Å²) in [6.45, 7) is 0.335. The third-order valence-electron chi connectivity index (χ3n) is 2.37. The van der Waals surface area contributed by atoms with Crippen LogP contribution in [0.25, 0.3) is 0 Å². The van der Waals surface area contributed by atoms with Gasteiger partial charge in [0.25, 0.3) is 0 Å². The molecule has 3 N–H and O–H groups in total. The Hall–Kier alpha value is -1.51. The van der Waals surface area contributed by atoms with Crippen LogP contribution in [0.2, 0.25) is 0 Å². The van der Waals surface area contributed by atoms with Gasteiger partial charge in [-0.25, -0.2) is 22.3 Å². The zero-order chi connectivity index (χ0) is 14.7. The van der Waals surface area contributed by atoms with Gasteiger partial charge in [-0.2, -0.15) is 0 Å². The van der Waals surface area contributed by atoms with Gasteiger partial charge in [0.2, 0.25) is 10.0 Å². The standard InChI is InChI=1S/C11H14FNO5S/c1-11(16,10(14)15)7-13-19(17,18)6-8-2-4-9(12)5-3-8/h2-5,13,16H,6-7H2,1H3,(H,14,15). The summed E-state index contributed by atoms with van der Waals surface area (Å²) in [4.78, 5) is 10.6. The Bertz CT molecular complexity index is 553. The molecule has 1 aromatic rings. The predicted octanol–water partition coefficient (Wildman–Crippen LogP) is 0.0807. The number of rotatable bonds is 6. The van der Waals surface area contributed by atoms with Crippen molar-refractivity contribution in [3.63, 3.8) is 0 Å². The molecule has 1 unspecified atom stereocenters. The Kier molecular flexibility index (Phi) is 4.61. The lowest BCUT2D eigenvalue weighted by atomic mass is 10.1. The second-order valence-electron chi connectivity index (χ2n) is 4.29. The Balaban J connectivity index is 2.67. The minimum atomic E-state index is -3.81. The molecule has 0 saturated heterocycles. The number of hydrogen-bond acceptors (Lipinski definition) is 4. The Morgan fingerprint density at radius 1 is 1.37 bits per heavy atom. The van der Waals surface area contributed by atoms with Crippen LogP contribution in [-0.4, -0.2) is 36.7 Å². The number of nitrogens with one attached hydrogen (secondary N) is 1. The highest BCUT2D eigenvalue weighted by atomic mass is 32.2. The van der Waals surface area contributed by atoms with Crippen LogP contribution in [0.3, 0.4) is 0 Å². The molecule has 0 bridgehead atoms. The predicted molar refractivity (Wildman–Crippen MR) is 65.3 cm³/mol. The zero-order valence-corrected chi connectivity index (χ0v) is 10.9. The van der Waals surface area contributed by atoms with E-state index in [1.165, 1.54) is 12.1 Å². The number of benzene rings is 1. The van der Waals surface area contributed by atoms with E-state index < -0.39 is 39.7 Å². The lowest BCUT2D eigenvalue weighted by molar-refractivity contribution is -0.155. The number of hydrogen-bond donors (Lipinski definition) is 3. The van der Waals surface area contributed by atoms with Crippen molar-refractivity contribution < 1.29 is 27.8 Å². The quantitative estimate of drug-likeness (QED) is 0.688. The van der Waals surface area contributed by atoms with Crippen LogP contribution in [0.1, 0.15) is 12.5 Å². The lowest BCUT2D eigenvalue weighted by Crippen LogP contribution is -2.46. The lowest BCUT2D eigenvalue weighted by Gasteiger charge is -2.18. The largest absolute Gasteiger partial charge is 0.479 e. The van der Waals surface area contributed by atoms with Crippen LogP contribution >= 0.6 is 0 Å². The van der Waals surface area contributed by atoms with Gasteiger partial charge in [-0.3, -0.25) is 0 Å². The fourth-order valence-electron chi connectivity index (χ4n) is 1.18. The first-order chi connectivity index (χ1) is 8.62. The van der Waals surface area contributed by atoms with Gasteiger partial charge in [0.15, 0.2) is 5.60 Å². The molecule has 0 aliphatic carbocycles. The fourth-order valence-corrected chi connectivity index (χ4v) is 2.41. The van der Waals surface area contributed by atoms with E-state index in [0.717, 1.165) is 19.1 Å². The molecule has 8 heteroatoms. The van der Waals surface area contributed by atoms with E-state index in [9.17, 15) is 22.7 Å². The number of halogens is 1. The summed E-state index contributed by atoms with van der Waals surface area (Å²) in [6.07, 6.45) is 0. The van der Waals surface area contributed by atoms with E-state index in [4.69, 9.17) is 5.11 Å². The SMILES string of the molecule is CC(O)(CNS(=O)(=O)Cc1ccc(F)cc1)C(=O)O. The molecular weight excluding hydrogens is 277 g/mol. The summed E-state index contributed by atoms with van der Waals surface area (Å²) in [6, 6.07) is 4.87. The number of aliphatic carboxylic acids is 1. The summed E-state index contributed by atoms with van der Waals surface area (Å²) < 4.78 is 37.9. The molecule has 19 heavy (non-hydrogen) atoms. The van der Waals surface area contributed by atoms with E-state index in [2.05, 4.69) is 0 Å². The summed E-state index contributed by atoms with van der Waals surface area (Å²) in [5.74, 6) is -2.44. The molecule has 1 aromatic carbocycles. The number of sulfonamides is 1. The van der Waals surface area contributed by atoms with E-state index in [1.807, 2.05) is 4.72 Å². The molecule has 0 aliphatic rings. The maximum atomic E-state index is 12.6. The third kappa shape index (κ3) is 4.93. The molecule has 0 radical (unpaired) electrons. The number of carbonyl (C=O) groups is 1. The van der Waals surface area contributed by atoms with Crippen molar-refractivity contribution in [2.75, 3.05) is 6.54 Å². The van der Waals surface area contributed by atoms with E-state index in [0.29, 0.717) is 5.56 Å². The molecule has 106 valence electrons. The van der Waals surface area contributed by atoms with E-state index in [-0.39, 0.29) is 0 Å². The molecule has 0 aliphatic heterocycles. The highest BCUT2D eigenvalue weighted by Crippen LogP contribution is 2.08. The minimum Gasteiger partial charge on any atom is -0.479 e. The second kappa shape index (κ2) is 5.64. The van der Waals surface area contributed by atoms with Crippen molar-refractivity contribution in [1.29, 1.82) is 0 Å². The molecule has 0 amide bonds. The fraction of sp³-hybridized carbons (Fsp3) is 0.364. The molecule has 1 rings (SSSR count). The molecule has 1 atom stereocenters. The highest BCUT2D eigenvalue weighted by Gasteiger charge is 2.31. The average Bonchev–Trinajstić information content (AvgIpc) is 2.30. The molecular formula is C11H14FNO5S. The van der Waals surface area contributed by atoms with Crippen LogP contribution < -0.4 is 4.72 Å². The highest BCUT2D eigenvalue weighted by molar-refractivity contribution is 7.88. The molecule has 0 heterocycles. The average molecular weight is 291 g/mol. The third-order valence-corrected chi connectivity index (χ3v) is 3.66. The molecule has 0 saturated carbocycles. The van der Waals surface area contributed by atoms with Crippen LogP contribution in [0.15, 0.2) is 24.3 Å². The van der Waals surface area contributed by atoms with Crippen molar-refractivity contribution in [2.45, 2.75) is 18.3 Å². The summed E-state index contributed by atoms with van der Waals surface area (Å²) in [5.41, 5.74) is -1.83. The van der Waals surface area contributed by atoms with Gasteiger partial charge >= 0.3 is 5.97 Å². The van der Waals surface area contributed by atoms with Crippen LogP contribution in [-0.2, 0) is 20.6 Å². The molecule has 6 nitrogen and oxygen atoms in total. The first kappa shape index (κ1) is 15.5. The maximum absolute atomic E-state index is 12.6. The number of carboxylic acids is 1. The van der Waals surface area contributed by atoms with Crippen LogP contribution in [0.5, 0.6) is 0 Å². The topological polar surface area (TPSA) is 104 Å². The first-order valence-electron chi connectivity index (χ1n) is 5.30. The Morgan fingerprint density at radius 3 is 2.37 bits per heavy atom. The van der Waals surface area contributed by atoms with Gasteiger partial charge in [0, 0.05) is 6.54 Å². The van der Waals surface area contributed by atoms with Crippen LogP contribution in [0.4, 0.5) is 4.39 Å². The Morgan fingerprint density at radius 2 is 1.89 bits per heavy atom. The van der Waals surface area contributed by atoms with Gasteiger partial charge in [-0.05, 0) is 24.6 Å². The normalized spacial score (nSPS) is 14.9. The number of aliphatic hydroxyl groups is 1. The van der Waals surface area contributed by atoms with Crippen molar-refractivity contribution >= 4 is 16.0 Å². The maximum Gasteiger partial charge on any atom is 0.336 e. The van der Waals surface area contributed by atoms with Crippen molar-refractivity contribution in [1.82, 2.24) is 4.72 Å². The van der Waals surface area contributed by atoms with Crippen molar-refractivity contribution in [3.8, 4) is 0 Å². The molecule has 0 spiro atoms. The van der Waals surface area contributed by atoms with Gasteiger partial charge in [0.05, 0.1) is 5.75 Å². The second-order valence-corrected chi connectivity index (χ2v) is 6.09. The monoisotopic (exact) mass is 291 g/mol. The summed E-state index contributed by atoms with van der Waals surface area (Å²) in [7, 11) is -3.81. The van der Waals surface area contributed by atoms with Crippen molar-refractivity contribution in [3.05, 3.63) is 35.6 Å². The van der Waals surface area contributed by atoms with Crippen molar-refractivity contribution in [2.24, 2.45) is 0 Å². The smallest absolute Gasteiger partial charge is 0.336 e. The van der Waals surface area contributed by atoms with Crippen LogP contribution in [0, 0.1) is 5.82 Å². The van der Waals surface area contributed by atoms with E-state index >= 15 is 0 Å². The van der Waals surface area contributed by atoms with Gasteiger partial charge < -0.3 is 10.2 Å². The van der Waals surface area contributed by atoms with E-state index in [1.54, 1.807) is 0 Å². The zero-order valence-electron chi connectivity index (χ0n) is 10.1.